The molecule has 6 nitrogen and oxygen atoms in total. The standard InChI is InChI=1S/C19H23N3O3/c1-21(15-7-3-2-4-8-15)18(23)14-22-11-5-10-17(22)19(24)20-13-16-9-6-12-25-16/h2-4,6-9,12,17H,5,10-11,13-14H2,1H3,(H,20,24). The number of nitrogens with one attached hydrogen (secondary N) is 1. The van der Waals surface area contributed by atoms with Gasteiger partial charge in [-0.2, -0.15) is 0 Å². The van der Waals surface area contributed by atoms with Crippen LogP contribution in [0.4, 0.5) is 5.69 Å². The van der Waals surface area contributed by atoms with Crippen molar-refractivity contribution in [2.45, 2.75) is 25.4 Å². The number of benzene rings is 1. The topological polar surface area (TPSA) is 65.8 Å². The van der Waals surface area contributed by atoms with Crippen LogP contribution in [-0.2, 0) is 16.1 Å². The number of likely N-dealkylation sites (N-methyl/N-ethyl adjacent to an activating group) is 1. The van der Waals surface area contributed by atoms with E-state index in [2.05, 4.69) is 5.32 Å². The van der Waals surface area contributed by atoms with Gasteiger partial charge in [0, 0.05) is 12.7 Å². The fraction of sp³-hybridized carbons (Fsp3) is 0.368. The number of para-hydroxylation sites is 1. The summed E-state index contributed by atoms with van der Waals surface area (Å²) < 4.78 is 5.23. The summed E-state index contributed by atoms with van der Waals surface area (Å²) in [7, 11) is 1.76. The van der Waals surface area contributed by atoms with Crippen molar-refractivity contribution in [3.05, 3.63) is 54.5 Å². The van der Waals surface area contributed by atoms with Gasteiger partial charge in [-0.25, -0.2) is 0 Å². The summed E-state index contributed by atoms with van der Waals surface area (Å²) in [6, 6.07) is 12.9. The molecule has 1 atom stereocenters. The highest BCUT2D eigenvalue weighted by Gasteiger charge is 2.32. The molecular weight excluding hydrogens is 318 g/mol. The van der Waals surface area contributed by atoms with E-state index in [-0.39, 0.29) is 24.4 Å². The van der Waals surface area contributed by atoms with Crippen molar-refractivity contribution in [1.29, 1.82) is 0 Å². The monoisotopic (exact) mass is 341 g/mol. The molecule has 1 aliphatic rings. The third-order valence-corrected chi connectivity index (χ3v) is 4.54. The number of anilines is 1. The number of nitrogens with zero attached hydrogens (tertiary/aromatic N) is 2. The van der Waals surface area contributed by atoms with Crippen LogP contribution < -0.4 is 10.2 Å². The van der Waals surface area contributed by atoms with Gasteiger partial charge < -0.3 is 14.6 Å². The zero-order valence-corrected chi connectivity index (χ0v) is 14.4. The molecule has 1 aromatic carbocycles. The zero-order valence-electron chi connectivity index (χ0n) is 14.4. The van der Waals surface area contributed by atoms with Gasteiger partial charge in [-0.15, -0.1) is 0 Å². The van der Waals surface area contributed by atoms with Gasteiger partial charge in [0.05, 0.1) is 25.4 Å². The lowest BCUT2D eigenvalue weighted by Gasteiger charge is -2.26. The molecule has 0 saturated carbocycles. The molecule has 0 spiro atoms. The largest absolute Gasteiger partial charge is 0.467 e. The Hall–Kier alpha value is -2.60. The lowest BCUT2D eigenvalue weighted by Crippen LogP contribution is -2.47. The molecule has 0 bridgehead atoms. The maximum absolute atomic E-state index is 12.5. The molecule has 0 radical (unpaired) electrons. The van der Waals surface area contributed by atoms with E-state index in [0.717, 1.165) is 30.8 Å². The van der Waals surface area contributed by atoms with E-state index in [1.165, 1.54) is 0 Å². The number of rotatable bonds is 6. The third-order valence-electron chi connectivity index (χ3n) is 4.54. The van der Waals surface area contributed by atoms with E-state index < -0.39 is 0 Å². The van der Waals surface area contributed by atoms with Crippen LogP contribution in [0.5, 0.6) is 0 Å². The summed E-state index contributed by atoms with van der Waals surface area (Å²) in [5, 5.41) is 2.89. The third kappa shape index (κ3) is 4.28. The Labute approximate surface area is 147 Å². The van der Waals surface area contributed by atoms with E-state index in [4.69, 9.17) is 4.42 Å². The van der Waals surface area contributed by atoms with Crippen LogP contribution in [0.2, 0.25) is 0 Å². The second-order valence-electron chi connectivity index (χ2n) is 6.21. The highest BCUT2D eigenvalue weighted by molar-refractivity contribution is 5.94. The maximum atomic E-state index is 12.5. The van der Waals surface area contributed by atoms with Gasteiger partial charge in [0.25, 0.3) is 0 Å². The van der Waals surface area contributed by atoms with Gasteiger partial charge in [-0.1, -0.05) is 18.2 Å². The summed E-state index contributed by atoms with van der Waals surface area (Å²) in [4.78, 5) is 28.6. The molecular formula is C19H23N3O3. The molecule has 1 aromatic heterocycles. The molecule has 0 aliphatic carbocycles. The van der Waals surface area contributed by atoms with Crippen molar-refractivity contribution in [2.75, 3.05) is 25.0 Å². The first-order valence-corrected chi connectivity index (χ1v) is 8.51. The van der Waals surface area contributed by atoms with Crippen LogP contribution in [0.3, 0.4) is 0 Å². The fourth-order valence-electron chi connectivity index (χ4n) is 3.09. The van der Waals surface area contributed by atoms with E-state index in [1.807, 2.05) is 41.3 Å². The highest BCUT2D eigenvalue weighted by Crippen LogP contribution is 2.19. The second-order valence-corrected chi connectivity index (χ2v) is 6.21. The predicted molar refractivity (Wildman–Crippen MR) is 95.0 cm³/mol. The van der Waals surface area contributed by atoms with Crippen LogP contribution in [0.25, 0.3) is 0 Å². The molecule has 1 aliphatic heterocycles. The second kappa shape index (κ2) is 7.98. The average molecular weight is 341 g/mol. The molecule has 6 heteroatoms. The Bertz CT molecular complexity index is 700. The number of hydrogen-bond donors (Lipinski definition) is 1. The molecule has 132 valence electrons. The molecule has 2 amide bonds. The SMILES string of the molecule is CN(C(=O)CN1CCCC1C(=O)NCc1ccco1)c1ccccc1. The van der Waals surface area contributed by atoms with Crippen molar-refractivity contribution < 1.29 is 14.0 Å². The van der Waals surface area contributed by atoms with Crippen LogP contribution in [-0.4, -0.2) is 42.9 Å². The quantitative estimate of drug-likeness (QED) is 0.873. The van der Waals surface area contributed by atoms with Crippen LogP contribution in [0.1, 0.15) is 18.6 Å². The van der Waals surface area contributed by atoms with Crippen LogP contribution in [0.15, 0.2) is 53.1 Å². The molecule has 1 unspecified atom stereocenters. The van der Waals surface area contributed by atoms with E-state index in [0.29, 0.717) is 6.54 Å². The summed E-state index contributed by atoms with van der Waals surface area (Å²) in [5.41, 5.74) is 0.852. The summed E-state index contributed by atoms with van der Waals surface area (Å²) in [6.07, 6.45) is 3.27. The Morgan fingerprint density at radius 1 is 1.24 bits per heavy atom. The van der Waals surface area contributed by atoms with Crippen molar-refractivity contribution in [2.24, 2.45) is 0 Å². The van der Waals surface area contributed by atoms with Crippen molar-refractivity contribution in [3.8, 4) is 0 Å². The molecule has 1 fully saturated rings. The minimum Gasteiger partial charge on any atom is -0.467 e. The zero-order chi connectivity index (χ0) is 17.6. The lowest BCUT2D eigenvalue weighted by molar-refractivity contribution is -0.127. The molecule has 3 rings (SSSR count). The first-order valence-electron chi connectivity index (χ1n) is 8.51. The first-order chi connectivity index (χ1) is 12.1. The normalized spacial score (nSPS) is 17.4. The molecule has 25 heavy (non-hydrogen) atoms. The predicted octanol–water partition coefficient (Wildman–Crippen LogP) is 2.02. The minimum absolute atomic E-state index is 0.0167. The van der Waals surface area contributed by atoms with E-state index >= 15 is 0 Å². The lowest BCUT2D eigenvalue weighted by atomic mass is 10.2. The van der Waals surface area contributed by atoms with Gasteiger partial charge >= 0.3 is 0 Å². The fourth-order valence-corrected chi connectivity index (χ4v) is 3.09. The van der Waals surface area contributed by atoms with Crippen LogP contribution >= 0.6 is 0 Å². The highest BCUT2D eigenvalue weighted by atomic mass is 16.3. The van der Waals surface area contributed by atoms with Crippen molar-refractivity contribution in [3.63, 3.8) is 0 Å². The number of carbonyl (C=O) groups is 2. The Kier molecular flexibility index (Phi) is 5.50. The van der Waals surface area contributed by atoms with Crippen molar-refractivity contribution >= 4 is 17.5 Å². The molecule has 2 heterocycles. The number of likely N-dealkylation sites (tertiary alicyclic amines) is 1. The van der Waals surface area contributed by atoms with E-state index in [1.54, 1.807) is 24.3 Å². The van der Waals surface area contributed by atoms with Crippen molar-refractivity contribution in [1.82, 2.24) is 10.2 Å². The molecule has 1 saturated heterocycles. The first kappa shape index (κ1) is 17.2. The Morgan fingerprint density at radius 3 is 2.76 bits per heavy atom. The van der Waals surface area contributed by atoms with Crippen LogP contribution in [0, 0.1) is 0 Å². The van der Waals surface area contributed by atoms with Gasteiger partial charge in [0.1, 0.15) is 5.76 Å². The minimum atomic E-state index is -0.261. The smallest absolute Gasteiger partial charge is 0.240 e. The van der Waals surface area contributed by atoms with Gasteiger partial charge in [0.2, 0.25) is 11.8 Å². The number of hydrogen-bond acceptors (Lipinski definition) is 4. The summed E-state index contributed by atoms with van der Waals surface area (Å²) in [6.45, 7) is 1.37. The average Bonchev–Trinajstić information content (AvgIpc) is 3.31. The number of carbonyl (C=O) groups excluding carboxylic acids is 2. The van der Waals surface area contributed by atoms with Gasteiger partial charge in [0.15, 0.2) is 0 Å². The number of furan rings is 1. The van der Waals surface area contributed by atoms with Gasteiger partial charge in [-0.05, 0) is 43.7 Å². The summed E-state index contributed by atoms with van der Waals surface area (Å²) >= 11 is 0. The van der Waals surface area contributed by atoms with Gasteiger partial charge in [-0.3, -0.25) is 14.5 Å². The number of amides is 2. The molecule has 1 N–H and O–H groups in total. The Morgan fingerprint density at radius 2 is 2.04 bits per heavy atom. The van der Waals surface area contributed by atoms with E-state index in [9.17, 15) is 9.59 Å². The molecule has 2 aromatic rings. The maximum Gasteiger partial charge on any atom is 0.240 e. The summed E-state index contributed by atoms with van der Waals surface area (Å²) in [5.74, 6) is 0.652. The Balaban J connectivity index is 1.55.